The van der Waals surface area contributed by atoms with Crippen molar-refractivity contribution in [3.63, 3.8) is 0 Å². The molecule has 1 aromatic heterocycles. The Morgan fingerprint density at radius 1 is 1.38 bits per heavy atom. The quantitative estimate of drug-likeness (QED) is 0.842. The monoisotopic (exact) mass is 345 g/mol. The summed E-state index contributed by atoms with van der Waals surface area (Å²) in [6, 6.07) is 5.72. The highest BCUT2D eigenvalue weighted by Crippen LogP contribution is 2.24. The lowest BCUT2D eigenvalue weighted by atomic mass is 10.2. The van der Waals surface area contributed by atoms with Gasteiger partial charge in [0, 0.05) is 16.9 Å². The molecule has 0 radical (unpaired) electrons. The van der Waals surface area contributed by atoms with E-state index in [-0.39, 0.29) is 0 Å². The van der Waals surface area contributed by atoms with Gasteiger partial charge in [-0.3, -0.25) is 0 Å². The molecule has 0 spiro atoms. The third-order valence-electron chi connectivity index (χ3n) is 2.12. The van der Waals surface area contributed by atoms with Crippen LogP contribution in [0.3, 0.4) is 0 Å². The van der Waals surface area contributed by atoms with E-state index >= 15 is 0 Å². The average molecular weight is 346 g/mol. The fraction of sp³-hybridized carbons (Fsp3) is 0.0909. The van der Waals surface area contributed by atoms with Gasteiger partial charge in [0.15, 0.2) is 0 Å². The predicted molar refractivity (Wildman–Crippen MR) is 74.2 cm³/mol. The van der Waals surface area contributed by atoms with E-state index in [1.165, 1.54) is 6.33 Å². The average Bonchev–Trinajstić information content (AvgIpc) is 2.27. The Bertz CT molecular complexity index is 516. The standard InChI is InChI=1S/C11H9ClIN3/c1-7-2-3-8(12)4-10(7)16-11-9(13)5-14-6-15-11/h2-6H,1H3,(H,14,15,16). The number of nitrogens with zero attached hydrogens (tertiary/aromatic N) is 2. The highest BCUT2D eigenvalue weighted by atomic mass is 127. The number of anilines is 2. The SMILES string of the molecule is Cc1ccc(Cl)cc1Nc1ncncc1I. The second-order valence-electron chi connectivity index (χ2n) is 3.30. The van der Waals surface area contributed by atoms with Crippen LogP contribution in [0.15, 0.2) is 30.7 Å². The number of benzene rings is 1. The molecule has 16 heavy (non-hydrogen) atoms. The van der Waals surface area contributed by atoms with Crippen LogP contribution < -0.4 is 5.32 Å². The van der Waals surface area contributed by atoms with Crippen molar-refractivity contribution < 1.29 is 0 Å². The maximum Gasteiger partial charge on any atom is 0.147 e. The summed E-state index contributed by atoms with van der Waals surface area (Å²) in [5.74, 6) is 0.793. The van der Waals surface area contributed by atoms with Crippen molar-refractivity contribution in [1.29, 1.82) is 0 Å². The van der Waals surface area contributed by atoms with Gasteiger partial charge >= 0.3 is 0 Å². The van der Waals surface area contributed by atoms with Crippen LogP contribution in [0.5, 0.6) is 0 Å². The summed E-state index contributed by atoms with van der Waals surface area (Å²) in [7, 11) is 0. The van der Waals surface area contributed by atoms with Gasteiger partial charge in [-0.15, -0.1) is 0 Å². The molecule has 3 nitrogen and oxygen atoms in total. The second-order valence-corrected chi connectivity index (χ2v) is 4.90. The van der Waals surface area contributed by atoms with E-state index in [0.717, 1.165) is 20.6 Å². The molecule has 0 bridgehead atoms. The Labute approximate surface area is 112 Å². The van der Waals surface area contributed by atoms with E-state index in [0.29, 0.717) is 5.02 Å². The van der Waals surface area contributed by atoms with Crippen molar-refractivity contribution in [1.82, 2.24) is 9.97 Å². The minimum Gasteiger partial charge on any atom is -0.339 e. The van der Waals surface area contributed by atoms with Crippen molar-refractivity contribution in [2.45, 2.75) is 6.92 Å². The van der Waals surface area contributed by atoms with E-state index in [2.05, 4.69) is 37.9 Å². The van der Waals surface area contributed by atoms with Crippen LogP contribution in [0, 0.1) is 10.5 Å². The molecule has 0 atom stereocenters. The van der Waals surface area contributed by atoms with Crippen molar-refractivity contribution in [3.8, 4) is 0 Å². The highest BCUT2D eigenvalue weighted by molar-refractivity contribution is 14.1. The molecule has 0 aliphatic carbocycles. The molecule has 2 aromatic rings. The van der Waals surface area contributed by atoms with E-state index in [1.54, 1.807) is 6.20 Å². The van der Waals surface area contributed by atoms with Gasteiger partial charge in [-0.1, -0.05) is 17.7 Å². The first kappa shape index (κ1) is 11.6. The molecule has 5 heteroatoms. The molecule has 0 unspecified atom stereocenters. The van der Waals surface area contributed by atoms with Crippen molar-refractivity contribution in [2.24, 2.45) is 0 Å². The van der Waals surface area contributed by atoms with Gasteiger partial charge in [-0.2, -0.15) is 0 Å². The molecule has 0 amide bonds. The molecule has 1 aromatic carbocycles. The molecule has 0 saturated heterocycles. The number of hydrogen-bond acceptors (Lipinski definition) is 3. The maximum atomic E-state index is 5.95. The summed E-state index contributed by atoms with van der Waals surface area (Å²) >= 11 is 8.14. The summed E-state index contributed by atoms with van der Waals surface area (Å²) in [6.45, 7) is 2.02. The molecule has 0 aliphatic heterocycles. The Morgan fingerprint density at radius 3 is 2.94 bits per heavy atom. The topological polar surface area (TPSA) is 37.8 Å². The third kappa shape index (κ3) is 2.62. The molecular weight excluding hydrogens is 336 g/mol. The van der Waals surface area contributed by atoms with Crippen LogP contribution in [0.2, 0.25) is 5.02 Å². The number of halogens is 2. The zero-order chi connectivity index (χ0) is 11.5. The highest BCUT2D eigenvalue weighted by Gasteiger charge is 2.04. The van der Waals surface area contributed by atoms with E-state index < -0.39 is 0 Å². The summed E-state index contributed by atoms with van der Waals surface area (Å²) in [4.78, 5) is 8.11. The lowest BCUT2D eigenvalue weighted by Crippen LogP contribution is -1.98. The Hall–Kier alpha value is -0.880. The van der Waals surface area contributed by atoms with Gasteiger partial charge in [-0.25, -0.2) is 9.97 Å². The Balaban J connectivity index is 2.34. The molecular formula is C11H9ClIN3. The molecule has 2 rings (SSSR count). The molecule has 1 heterocycles. The van der Waals surface area contributed by atoms with Crippen LogP contribution in [0.1, 0.15) is 5.56 Å². The normalized spacial score (nSPS) is 10.2. The Kier molecular flexibility index (Phi) is 3.60. The smallest absolute Gasteiger partial charge is 0.147 e. The molecule has 1 N–H and O–H groups in total. The molecule has 0 fully saturated rings. The lowest BCUT2D eigenvalue weighted by Gasteiger charge is -2.09. The summed E-state index contributed by atoms with van der Waals surface area (Å²) in [6.07, 6.45) is 3.28. The van der Waals surface area contributed by atoms with Gasteiger partial charge in [0.05, 0.1) is 3.57 Å². The zero-order valence-electron chi connectivity index (χ0n) is 8.54. The number of hydrogen-bond donors (Lipinski definition) is 1. The van der Waals surface area contributed by atoms with Crippen LogP contribution >= 0.6 is 34.2 Å². The first-order valence-corrected chi connectivity index (χ1v) is 6.11. The first-order valence-electron chi connectivity index (χ1n) is 4.65. The van der Waals surface area contributed by atoms with Crippen LogP contribution in [-0.4, -0.2) is 9.97 Å². The maximum absolute atomic E-state index is 5.95. The van der Waals surface area contributed by atoms with E-state index in [9.17, 15) is 0 Å². The lowest BCUT2D eigenvalue weighted by molar-refractivity contribution is 1.15. The van der Waals surface area contributed by atoms with Crippen LogP contribution in [-0.2, 0) is 0 Å². The number of nitrogens with one attached hydrogen (secondary N) is 1. The summed E-state index contributed by atoms with van der Waals surface area (Å²) in [5.41, 5.74) is 2.09. The number of aromatic nitrogens is 2. The first-order chi connectivity index (χ1) is 7.66. The van der Waals surface area contributed by atoms with Gasteiger partial charge in [0.2, 0.25) is 0 Å². The largest absolute Gasteiger partial charge is 0.339 e. The number of rotatable bonds is 2. The van der Waals surface area contributed by atoms with Gasteiger partial charge in [0.1, 0.15) is 12.1 Å². The predicted octanol–water partition coefficient (Wildman–Crippen LogP) is 3.79. The van der Waals surface area contributed by atoms with Crippen molar-refractivity contribution in [3.05, 3.63) is 44.9 Å². The van der Waals surface area contributed by atoms with Crippen molar-refractivity contribution in [2.75, 3.05) is 5.32 Å². The zero-order valence-corrected chi connectivity index (χ0v) is 11.5. The van der Waals surface area contributed by atoms with Crippen molar-refractivity contribution >= 4 is 45.7 Å². The molecule has 82 valence electrons. The summed E-state index contributed by atoms with van der Waals surface area (Å²) < 4.78 is 0.972. The van der Waals surface area contributed by atoms with Gasteiger partial charge < -0.3 is 5.32 Å². The van der Waals surface area contributed by atoms with Gasteiger partial charge in [0.25, 0.3) is 0 Å². The van der Waals surface area contributed by atoms with Crippen LogP contribution in [0.4, 0.5) is 11.5 Å². The minimum absolute atomic E-state index is 0.706. The summed E-state index contributed by atoms with van der Waals surface area (Å²) in [5, 5.41) is 3.94. The minimum atomic E-state index is 0.706. The fourth-order valence-corrected chi connectivity index (χ4v) is 1.87. The number of aryl methyl sites for hydroxylation is 1. The molecule has 0 aliphatic rings. The Morgan fingerprint density at radius 2 is 2.19 bits per heavy atom. The van der Waals surface area contributed by atoms with E-state index in [1.807, 2.05) is 25.1 Å². The third-order valence-corrected chi connectivity index (χ3v) is 3.14. The molecule has 0 saturated carbocycles. The second kappa shape index (κ2) is 4.97. The fourth-order valence-electron chi connectivity index (χ4n) is 1.26. The van der Waals surface area contributed by atoms with E-state index in [4.69, 9.17) is 11.6 Å². The van der Waals surface area contributed by atoms with Gasteiger partial charge in [-0.05, 0) is 47.2 Å². The van der Waals surface area contributed by atoms with Crippen LogP contribution in [0.25, 0.3) is 0 Å².